The molecule has 0 radical (unpaired) electrons. The summed E-state index contributed by atoms with van der Waals surface area (Å²) in [7, 11) is 0. The fourth-order valence-corrected chi connectivity index (χ4v) is 2.54. The van der Waals surface area contributed by atoms with Crippen LogP contribution in [0.1, 0.15) is 11.1 Å². The Kier molecular flexibility index (Phi) is 2.75. The number of aryl methyl sites for hydroxylation is 2. The first kappa shape index (κ1) is 11.8. The van der Waals surface area contributed by atoms with Crippen molar-refractivity contribution in [3.63, 3.8) is 0 Å². The van der Waals surface area contributed by atoms with E-state index in [1.54, 1.807) is 0 Å². The van der Waals surface area contributed by atoms with Gasteiger partial charge >= 0.3 is 0 Å². The lowest BCUT2D eigenvalue weighted by atomic mass is 9.97. The number of rotatable bonds is 1. The van der Waals surface area contributed by atoms with Crippen molar-refractivity contribution in [3.8, 4) is 16.9 Å². The van der Waals surface area contributed by atoms with E-state index in [1.807, 2.05) is 31.2 Å². The molecule has 0 aromatic heterocycles. The first-order chi connectivity index (χ1) is 9.15. The van der Waals surface area contributed by atoms with Gasteiger partial charge in [-0.05, 0) is 53.4 Å². The number of hydrogen-bond donors (Lipinski definition) is 1. The molecule has 1 heteroatoms. The van der Waals surface area contributed by atoms with Crippen LogP contribution in [-0.2, 0) is 0 Å². The third kappa shape index (κ3) is 2.08. The van der Waals surface area contributed by atoms with Crippen molar-refractivity contribution in [2.75, 3.05) is 0 Å². The van der Waals surface area contributed by atoms with Crippen molar-refractivity contribution in [1.82, 2.24) is 0 Å². The van der Waals surface area contributed by atoms with Gasteiger partial charge in [0.25, 0.3) is 0 Å². The van der Waals surface area contributed by atoms with Gasteiger partial charge in [0.05, 0.1) is 0 Å². The first-order valence-corrected chi connectivity index (χ1v) is 6.44. The van der Waals surface area contributed by atoms with Crippen LogP contribution in [-0.4, -0.2) is 5.11 Å². The summed E-state index contributed by atoms with van der Waals surface area (Å²) in [4.78, 5) is 0. The largest absolute Gasteiger partial charge is 0.507 e. The zero-order chi connectivity index (χ0) is 13.4. The molecule has 0 saturated heterocycles. The van der Waals surface area contributed by atoms with Crippen LogP contribution < -0.4 is 0 Å². The van der Waals surface area contributed by atoms with Crippen LogP contribution >= 0.6 is 0 Å². The minimum Gasteiger partial charge on any atom is -0.507 e. The standard InChI is InChI=1S/C18H16O/c1-12-9-13(2)18(19)17(10-12)16-8-7-14-5-3-4-6-15(14)11-16/h3-11,19H,1-2H3. The highest BCUT2D eigenvalue weighted by Crippen LogP contribution is 2.34. The van der Waals surface area contributed by atoms with E-state index < -0.39 is 0 Å². The van der Waals surface area contributed by atoms with Crippen LogP contribution in [0.15, 0.2) is 54.6 Å². The van der Waals surface area contributed by atoms with Gasteiger partial charge in [-0.15, -0.1) is 0 Å². The van der Waals surface area contributed by atoms with Gasteiger partial charge < -0.3 is 5.11 Å². The molecule has 19 heavy (non-hydrogen) atoms. The number of hydrogen-bond acceptors (Lipinski definition) is 1. The molecule has 0 unspecified atom stereocenters. The Bertz CT molecular complexity index is 757. The molecule has 0 spiro atoms. The normalized spacial score (nSPS) is 10.8. The molecule has 0 fully saturated rings. The van der Waals surface area contributed by atoms with E-state index >= 15 is 0 Å². The second-order valence-electron chi connectivity index (χ2n) is 5.04. The Morgan fingerprint density at radius 3 is 2.32 bits per heavy atom. The number of phenols is 1. The Morgan fingerprint density at radius 2 is 1.53 bits per heavy atom. The molecule has 1 nitrogen and oxygen atoms in total. The smallest absolute Gasteiger partial charge is 0.126 e. The predicted molar refractivity (Wildman–Crippen MR) is 80.5 cm³/mol. The average molecular weight is 248 g/mol. The van der Waals surface area contributed by atoms with E-state index in [2.05, 4.69) is 37.3 Å². The van der Waals surface area contributed by atoms with E-state index in [4.69, 9.17) is 0 Å². The van der Waals surface area contributed by atoms with Crippen LogP contribution in [0.4, 0.5) is 0 Å². The molecule has 3 rings (SSSR count). The molecular formula is C18H16O. The summed E-state index contributed by atoms with van der Waals surface area (Å²) in [5.41, 5.74) is 4.05. The Balaban J connectivity index is 2.24. The topological polar surface area (TPSA) is 20.2 Å². The van der Waals surface area contributed by atoms with Gasteiger partial charge in [0.15, 0.2) is 0 Å². The van der Waals surface area contributed by atoms with Gasteiger partial charge in [0.1, 0.15) is 5.75 Å². The van der Waals surface area contributed by atoms with Crippen molar-refractivity contribution in [3.05, 3.63) is 65.7 Å². The molecule has 3 aromatic rings. The van der Waals surface area contributed by atoms with Crippen LogP contribution in [0.3, 0.4) is 0 Å². The van der Waals surface area contributed by atoms with Crippen molar-refractivity contribution in [1.29, 1.82) is 0 Å². The monoisotopic (exact) mass is 248 g/mol. The summed E-state index contributed by atoms with van der Waals surface area (Å²) in [6, 6.07) is 18.6. The molecular weight excluding hydrogens is 232 g/mol. The maximum absolute atomic E-state index is 10.2. The van der Waals surface area contributed by atoms with E-state index in [1.165, 1.54) is 16.3 Å². The SMILES string of the molecule is Cc1cc(C)c(O)c(-c2ccc3ccccc3c2)c1. The quantitative estimate of drug-likeness (QED) is 0.654. The fraction of sp³-hybridized carbons (Fsp3) is 0.111. The Hall–Kier alpha value is -2.28. The van der Waals surface area contributed by atoms with E-state index in [0.29, 0.717) is 5.75 Å². The molecule has 3 aromatic carbocycles. The summed E-state index contributed by atoms with van der Waals surface area (Å²) >= 11 is 0. The van der Waals surface area contributed by atoms with Crippen molar-refractivity contribution in [2.24, 2.45) is 0 Å². The second-order valence-corrected chi connectivity index (χ2v) is 5.04. The van der Waals surface area contributed by atoms with E-state index in [0.717, 1.165) is 16.7 Å². The maximum atomic E-state index is 10.2. The second kappa shape index (κ2) is 4.43. The van der Waals surface area contributed by atoms with Gasteiger partial charge in [0.2, 0.25) is 0 Å². The summed E-state index contributed by atoms with van der Waals surface area (Å²) < 4.78 is 0. The summed E-state index contributed by atoms with van der Waals surface area (Å²) in [5, 5.41) is 12.7. The molecule has 0 aliphatic heterocycles. The molecule has 0 aliphatic rings. The van der Waals surface area contributed by atoms with Crippen molar-refractivity contribution in [2.45, 2.75) is 13.8 Å². The van der Waals surface area contributed by atoms with E-state index in [9.17, 15) is 5.11 Å². The van der Waals surface area contributed by atoms with Gasteiger partial charge in [-0.3, -0.25) is 0 Å². The molecule has 0 saturated carbocycles. The molecule has 1 N–H and O–H groups in total. The fourth-order valence-electron chi connectivity index (χ4n) is 2.54. The lowest BCUT2D eigenvalue weighted by Crippen LogP contribution is -1.85. The Morgan fingerprint density at radius 1 is 0.789 bits per heavy atom. The van der Waals surface area contributed by atoms with Crippen LogP contribution in [0, 0.1) is 13.8 Å². The minimum atomic E-state index is 0.376. The number of benzene rings is 3. The van der Waals surface area contributed by atoms with Crippen LogP contribution in [0.25, 0.3) is 21.9 Å². The van der Waals surface area contributed by atoms with Gasteiger partial charge in [-0.25, -0.2) is 0 Å². The number of phenolic OH excluding ortho intramolecular Hbond substituents is 1. The molecule has 0 heterocycles. The number of fused-ring (bicyclic) bond motifs is 1. The highest BCUT2D eigenvalue weighted by molar-refractivity contribution is 5.88. The van der Waals surface area contributed by atoms with Gasteiger partial charge in [-0.1, -0.05) is 42.5 Å². The summed E-state index contributed by atoms with van der Waals surface area (Å²) in [5.74, 6) is 0.376. The molecule has 0 amide bonds. The number of aromatic hydroxyl groups is 1. The molecule has 0 aliphatic carbocycles. The lowest BCUT2D eigenvalue weighted by molar-refractivity contribution is 0.473. The average Bonchev–Trinajstić information content (AvgIpc) is 2.42. The van der Waals surface area contributed by atoms with E-state index in [-0.39, 0.29) is 0 Å². The summed E-state index contributed by atoms with van der Waals surface area (Å²) in [6.45, 7) is 3.99. The molecule has 94 valence electrons. The van der Waals surface area contributed by atoms with Crippen LogP contribution in [0.2, 0.25) is 0 Å². The van der Waals surface area contributed by atoms with Gasteiger partial charge in [0, 0.05) is 5.56 Å². The molecule has 0 atom stereocenters. The van der Waals surface area contributed by atoms with Crippen LogP contribution in [0.5, 0.6) is 5.75 Å². The zero-order valence-corrected chi connectivity index (χ0v) is 11.1. The predicted octanol–water partition coefficient (Wildman–Crippen LogP) is 4.83. The Labute approximate surface area is 113 Å². The van der Waals surface area contributed by atoms with Gasteiger partial charge in [-0.2, -0.15) is 0 Å². The van der Waals surface area contributed by atoms with Crippen molar-refractivity contribution < 1.29 is 5.11 Å². The lowest BCUT2D eigenvalue weighted by Gasteiger charge is -2.10. The summed E-state index contributed by atoms with van der Waals surface area (Å²) in [6.07, 6.45) is 0. The molecule has 0 bridgehead atoms. The van der Waals surface area contributed by atoms with Crippen molar-refractivity contribution >= 4 is 10.8 Å². The highest BCUT2D eigenvalue weighted by atomic mass is 16.3. The minimum absolute atomic E-state index is 0.376. The first-order valence-electron chi connectivity index (χ1n) is 6.44. The maximum Gasteiger partial charge on any atom is 0.126 e. The highest BCUT2D eigenvalue weighted by Gasteiger charge is 2.08. The third-order valence-electron chi connectivity index (χ3n) is 3.51. The third-order valence-corrected chi connectivity index (χ3v) is 3.51. The zero-order valence-electron chi connectivity index (χ0n) is 11.1.